The number of nitrogens with zero attached hydrogens (tertiary/aromatic N) is 1. The Hall–Kier alpha value is -0.900. The van der Waals surface area contributed by atoms with Gasteiger partial charge in [-0.3, -0.25) is 0 Å². The van der Waals surface area contributed by atoms with Crippen molar-refractivity contribution in [3.05, 3.63) is 28.5 Å². The number of ether oxygens (including phenoxy) is 1. The summed E-state index contributed by atoms with van der Waals surface area (Å²) in [4.78, 5) is 15.9. The van der Waals surface area contributed by atoms with Crippen LogP contribution in [0.25, 0.3) is 0 Å². The van der Waals surface area contributed by atoms with Crippen molar-refractivity contribution in [2.45, 2.75) is 38.7 Å². The maximum Gasteiger partial charge on any atom is 0.338 e. The van der Waals surface area contributed by atoms with Gasteiger partial charge in [0.25, 0.3) is 0 Å². The lowest BCUT2D eigenvalue weighted by Crippen LogP contribution is -2.23. The normalized spacial score (nSPS) is 24.4. The maximum atomic E-state index is 11.9. The Kier molecular flexibility index (Phi) is 4.15. The zero-order valence-electron chi connectivity index (χ0n) is 9.86. The molecule has 17 heavy (non-hydrogen) atoms. The molecule has 0 bridgehead atoms. The summed E-state index contributed by atoms with van der Waals surface area (Å²) in [5.41, 5.74) is 0.561. The molecule has 1 fully saturated rings. The number of aromatic nitrogens is 1. The highest BCUT2D eigenvalue weighted by Gasteiger charge is 2.22. The SMILES string of the molecule is CC1CCC(OC(=O)c2ccnc(Br)c2)CC1. The van der Waals surface area contributed by atoms with Gasteiger partial charge in [0.2, 0.25) is 0 Å². The minimum atomic E-state index is -0.243. The second kappa shape index (κ2) is 5.63. The Morgan fingerprint density at radius 2 is 2.12 bits per heavy atom. The first-order valence-corrected chi connectivity index (χ1v) is 6.77. The molecule has 0 radical (unpaired) electrons. The number of esters is 1. The standard InChI is InChI=1S/C13H16BrNO2/c1-9-2-4-11(5-3-9)17-13(16)10-6-7-15-12(14)8-10/h6-9,11H,2-5H2,1H3. The number of carbonyl (C=O) groups excluding carboxylic acids is 1. The first-order chi connectivity index (χ1) is 8.15. The molecule has 0 unspecified atom stereocenters. The van der Waals surface area contributed by atoms with Gasteiger partial charge in [0.15, 0.2) is 0 Å². The number of halogens is 1. The van der Waals surface area contributed by atoms with E-state index < -0.39 is 0 Å². The van der Waals surface area contributed by atoms with E-state index in [0.717, 1.165) is 31.6 Å². The van der Waals surface area contributed by atoms with Crippen LogP contribution in [0.1, 0.15) is 43.0 Å². The smallest absolute Gasteiger partial charge is 0.338 e. The van der Waals surface area contributed by atoms with Crippen molar-refractivity contribution in [3.8, 4) is 0 Å². The molecule has 0 aromatic carbocycles. The van der Waals surface area contributed by atoms with E-state index in [1.807, 2.05) is 0 Å². The van der Waals surface area contributed by atoms with E-state index in [0.29, 0.717) is 10.2 Å². The third-order valence-electron chi connectivity index (χ3n) is 3.20. The van der Waals surface area contributed by atoms with E-state index in [2.05, 4.69) is 27.8 Å². The molecule has 0 spiro atoms. The second-order valence-electron chi connectivity index (χ2n) is 4.65. The zero-order valence-corrected chi connectivity index (χ0v) is 11.4. The molecule has 1 aromatic heterocycles. The summed E-state index contributed by atoms with van der Waals surface area (Å²) in [5, 5.41) is 0. The average molecular weight is 298 g/mol. The summed E-state index contributed by atoms with van der Waals surface area (Å²) in [7, 11) is 0. The summed E-state index contributed by atoms with van der Waals surface area (Å²) in [5.74, 6) is 0.521. The van der Waals surface area contributed by atoms with Crippen molar-refractivity contribution in [2.24, 2.45) is 5.92 Å². The van der Waals surface area contributed by atoms with Crippen LogP contribution in [-0.2, 0) is 4.74 Å². The van der Waals surface area contributed by atoms with Crippen LogP contribution in [0.5, 0.6) is 0 Å². The quantitative estimate of drug-likeness (QED) is 0.619. The topological polar surface area (TPSA) is 39.2 Å². The fourth-order valence-corrected chi connectivity index (χ4v) is 2.46. The molecular formula is C13H16BrNO2. The number of carbonyl (C=O) groups is 1. The fourth-order valence-electron chi connectivity index (χ4n) is 2.10. The minimum absolute atomic E-state index is 0.0886. The molecule has 4 heteroatoms. The van der Waals surface area contributed by atoms with Crippen LogP contribution >= 0.6 is 15.9 Å². The molecule has 0 amide bonds. The van der Waals surface area contributed by atoms with Gasteiger partial charge in [0, 0.05) is 6.20 Å². The predicted molar refractivity (Wildman–Crippen MR) is 68.8 cm³/mol. The van der Waals surface area contributed by atoms with Crippen molar-refractivity contribution < 1.29 is 9.53 Å². The monoisotopic (exact) mass is 297 g/mol. The molecule has 1 heterocycles. The molecule has 0 saturated heterocycles. The minimum Gasteiger partial charge on any atom is -0.459 e. The van der Waals surface area contributed by atoms with Gasteiger partial charge in [0.05, 0.1) is 5.56 Å². The molecule has 1 saturated carbocycles. The first kappa shape index (κ1) is 12.6. The van der Waals surface area contributed by atoms with Gasteiger partial charge in [-0.05, 0) is 59.7 Å². The van der Waals surface area contributed by atoms with E-state index in [9.17, 15) is 4.79 Å². The molecule has 1 aliphatic rings. The number of rotatable bonds is 2. The van der Waals surface area contributed by atoms with Crippen LogP contribution < -0.4 is 0 Å². The van der Waals surface area contributed by atoms with Gasteiger partial charge in [-0.15, -0.1) is 0 Å². The van der Waals surface area contributed by atoms with Gasteiger partial charge >= 0.3 is 5.97 Å². The van der Waals surface area contributed by atoms with Crippen molar-refractivity contribution in [1.29, 1.82) is 0 Å². The van der Waals surface area contributed by atoms with Crippen LogP contribution in [0.3, 0.4) is 0 Å². The van der Waals surface area contributed by atoms with Gasteiger partial charge in [-0.25, -0.2) is 9.78 Å². The number of pyridine rings is 1. The summed E-state index contributed by atoms with van der Waals surface area (Å²) in [6.07, 6.45) is 5.96. The second-order valence-corrected chi connectivity index (χ2v) is 5.47. The molecule has 2 rings (SSSR count). The molecule has 92 valence electrons. The van der Waals surface area contributed by atoms with Crippen molar-refractivity contribution in [2.75, 3.05) is 0 Å². The third-order valence-corrected chi connectivity index (χ3v) is 3.63. The van der Waals surface area contributed by atoms with Crippen molar-refractivity contribution in [1.82, 2.24) is 4.98 Å². The summed E-state index contributed by atoms with van der Waals surface area (Å²) < 4.78 is 6.15. The Morgan fingerprint density at radius 3 is 2.76 bits per heavy atom. The molecular weight excluding hydrogens is 282 g/mol. The largest absolute Gasteiger partial charge is 0.459 e. The lowest BCUT2D eigenvalue weighted by atomic mass is 9.89. The molecule has 0 atom stereocenters. The van der Waals surface area contributed by atoms with Crippen molar-refractivity contribution in [3.63, 3.8) is 0 Å². The van der Waals surface area contributed by atoms with Crippen LogP contribution in [0.4, 0.5) is 0 Å². The zero-order chi connectivity index (χ0) is 12.3. The highest BCUT2D eigenvalue weighted by Crippen LogP contribution is 2.26. The van der Waals surface area contributed by atoms with E-state index in [-0.39, 0.29) is 12.1 Å². The average Bonchev–Trinajstić information content (AvgIpc) is 2.32. The Balaban J connectivity index is 1.93. The molecule has 1 aromatic rings. The Labute approximate surface area is 110 Å². The van der Waals surface area contributed by atoms with Gasteiger partial charge in [-0.2, -0.15) is 0 Å². The van der Waals surface area contributed by atoms with E-state index >= 15 is 0 Å². The molecule has 1 aliphatic carbocycles. The van der Waals surface area contributed by atoms with E-state index in [4.69, 9.17) is 4.74 Å². The fraction of sp³-hybridized carbons (Fsp3) is 0.538. The first-order valence-electron chi connectivity index (χ1n) is 5.97. The van der Waals surface area contributed by atoms with Crippen LogP contribution in [-0.4, -0.2) is 17.1 Å². The highest BCUT2D eigenvalue weighted by molar-refractivity contribution is 9.10. The highest BCUT2D eigenvalue weighted by atomic mass is 79.9. The Morgan fingerprint density at radius 1 is 1.41 bits per heavy atom. The van der Waals surface area contributed by atoms with Gasteiger partial charge < -0.3 is 4.74 Å². The van der Waals surface area contributed by atoms with Crippen molar-refractivity contribution >= 4 is 21.9 Å². The summed E-state index contributed by atoms with van der Waals surface area (Å²) in [6, 6.07) is 3.37. The molecule has 0 N–H and O–H groups in total. The van der Waals surface area contributed by atoms with Gasteiger partial charge in [-0.1, -0.05) is 6.92 Å². The van der Waals surface area contributed by atoms with Gasteiger partial charge in [0.1, 0.15) is 10.7 Å². The Bertz CT molecular complexity index is 400. The number of hydrogen-bond acceptors (Lipinski definition) is 3. The predicted octanol–water partition coefficient (Wildman–Crippen LogP) is 3.58. The van der Waals surface area contributed by atoms with Crippen LogP contribution in [0.15, 0.2) is 22.9 Å². The lowest BCUT2D eigenvalue weighted by Gasteiger charge is -2.25. The van der Waals surface area contributed by atoms with E-state index in [1.165, 1.54) is 0 Å². The lowest BCUT2D eigenvalue weighted by molar-refractivity contribution is 0.0173. The molecule has 0 aliphatic heterocycles. The number of hydrogen-bond donors (Lipinski definition) is 0. The van der Waals surface area contributed by atoms with Crippen LogP contribution in [0.2, 0.25) is 0 Å². The summed E-state index contributed by atoms with van der Waals surface area (Å²) in [6.45, 7) is 2.25. The third kappa shape index (κ3) is 3.53. The van der Waals surface area contributed by atoms with Crippen LogP contribution in [0, 0.1) is 5.92 Å². The maximum absolute atomic E-state index is 11.9. The molecule has 3 nitrogen and oxygen atoms in total. The summed E-state index contributed by atoms with van der Waals surface area (Å²) >= 11 is 3.24. The van der Waals surface area contributed by atoms with E-state index in [1.54, 1.807) is 18.3 Å².